The molecular weight excluding hydrogens is 350 g/mol. The summed E-state index contributed by atoms with van der Waals surface area (Å²) < 4.78 is 55.2. The quantitative estimate of drug-likeness (QED) is 0.812. The zero-order valence-electron chi connectivity index (χ0n) is 14.1. The number of halogens is 2. The SMILES string of the molecule is CCN(C)S(=O)(=O)n1nccc1N1CCC[C@@H]1c1cc(F)ccc1F. The van der Waals surface area contributed by atoms with Gasteiger partial charge in [-0.15, -0.1) is 4.09 Å². The Kier molecular flexibility index (Phi) is 4.79. The zero-order chi connectivity index (χ0) is 18.2. The van der Waals surface area contributed by atoms with E-state index in [4.69, 9.17) is 0 Å². The monoisotopic (exact) mass is 370 g/mol. The maximum Gasteiger partial charge on any atom is 0.324 e. The Bertz CT molecular complexity index is 869. The summed E-state index contributed by atoms with van der Waals surface area (Å²) in [6, 6.07) is 4.49. The molecule has 0 amide bonds. The van der Waals surface area contributed by atoms with E-state index in [0.717, 1.165) is 22.6 Å². The van der Waals surface area contributed by atoms with Crippen LogP contribution in [-0.4, -0.2) is 42.0 Å². The van der Waals surface area contributed by atoms with E-state index in [1.165, 1.54) is 23.6 Å². The molecule has 0 saturated carbocycles. The van der Waals surface area contributed by atoms with Crippen molar-refractivity contribution in [3.63, 3.8) is 0 Å². The molecule has 1 atom stereocenters. The zero-order valence-corrected chi connectivity index (χ0v) is 14.9. The largest absolute Gasteiger partial charge is 0.349 e. The molecule has 2 heterocycles. The number of hydrogen-bond acceptors (Lipinski definition) is 4. The van der Waals surface area contributed by atoms with Crippen molar-refractivity contribution >= 4 is 16.0 Å². The van der Waals surface area contributed by atoms with E-state index in [2.05, 4.69) is 5.10 Å². The van der Waals surface area contributed by atoms with Crippen molar-refractivity contribution in [3.05, 3.63) is 47.7 Å². The maximum atomic E-state index is 14.2. The number of anilines is 1. The topological polar surface area (TPSA) is 58.4 Å². The van der Waals surface area contributed by atoms with Gasteiger partial charge in [0.1, 0.15) is 17.5 Å². The highest BCUT2D eigenvalue weighted by Crippen LogP contribution is 2.37. The molecule has 25 heavy (non-hydrogen) atoms. The molecular formula is C16H20F2N4O2S. The third-order valence-electron chi connectivity index (χ3n) is 4.51. The minimum Gasteiger partial charge on any atom is -0.349 e. The fourth-order valence-electron chi connectivity index (χ4n) is 3.10. The van der Waals surface area contributed by atoms with Crippen LogP contribution in [0.25, 0.3) is 0 Å². The molecule has 1 fully saturated rings. The molecule has 2 aromatic rings. The van der Waals surface area contributed by atoms with Gasteiger partial charge in [0, 0.05) is 31.8 Å². The van der Waals surface area contributed by atoms with Gasteiger partial charge in [-0.25, -0.2) is 8.78 Å². The molecule has 0 aliphatic carbocycles. The van der Waals surface area contributed by atoms with Gasteiger partial charge in [0.15, 0.2) is 0 Å². The van der Waals surface area contributed by atoms with Crippen LogP contribution in [0.5, 0.6) is 0 Å². The third-order valence-corrected chi connectivity index (χ3v) is 6.28. The molecule has 3 rings (SSSR count). The summed E-state index contributed by atoms with van der Waals surface area (Å²) in [5.74, 6) is -0.667. The van der Waals surface area contributed by atoms with Crippen LogP contribution in [0.1, 0.15) is 31.4 Å². The van der Waals surface area contributed by atoms with Crippen LogP contribution in [0.2, 0.25) is 0 Å². The van der Waals surface area contributed by atoms with Crippen molar-refractivity contribution < 1.29 is 17.2 Å². The molecule has 1 aromatic heterocycles. The average Bonchev–Trinajstić information content (AvgIpc) is 3.24. The van der Waals surface area contributed by atoms with Gasteiger partial charge in [0.05, 0.1) is 12.2 Å². The first kappa shape index (κ1) is 17.8. The van der Waals surface area contributed by atoms with Crippen LogP contribution < -0.4 is 4.90 Å². The fourth-order valence-corrected chi connectivity index (χ4v) is 4.26. The Labute approximate surface area is 145 Å². The van der Waals surface area contributed by atoms with Gasteiger partial charge in [-0.2, -0.15) is 17.8 Å². The molecule has 1 saturated heterocycles. The Morgan fingerprint density at radius 2 is 2.08 bits per heavy atom. The Morgan fingerprint density at radius 1 is 1.32 bits per heavy atom. The summed E-state index contributed by atoms with van der Waals surface area (Å²) >= 11 is 0. The van der Waals surface area contributed by atoms with Gasteiger partial charge in [-0.05, 0) is 31.0 Å². The number of benzene rings is 1. The normalized spacial score (nSPS) is 18.3. The summed E-state index contributed by atoms with van der Waals surface area (Å²) in [7, 11) is -2.34. The molecule has 6 nitrogen and oxygen atoms in total. The highest BCUT2D eigenvalue weighted by atomic mass is 32.2. The standard InChI is InChI=1S/C16H20F2N4O2S/c1-3-20(2)25(23,24)22-16(8-9-19-22)21-10-4-5-15(21)13-11-12(17)6-7-14(13)18/h6-9,11,15H,3-5,10H2,1-2H3/t15-/m1/s1. The van der Waals surface area contributed by atoms with Gasteiger partial charge in [0.25, 0.3) is 0 Å². The molecule has 0 unspecified atom stereocenters. The lowest BCUT2D eigenvalue weighted by atomic mass is 10.0. The average molecular weight is 370 g/mol. The molecule has 136 valence electrons. The summed E-state index contributed by atoms with van der Waals surface area (Å²) in [5, 5.41) is 3.95. The molecule has 0 bridgehead atoms. The van der Waals surface area contributed by atoms with Crippen LogP contribution in [-0.2, 0) is 10.2 Å². The Balaban J connectivity index is 2.03. The maximum absolute atomic E-state index is 14.2. The predicted molar refractivity (Wildman–Crippen MR) is 90.5 cm³/mol. The smallest absolute Gasteiger partial charge is 0.324 e. The van der Waals surface area contributed by atoms with E-state index in [1.807, 2.05) is 0 Å². The van der Waals surface area contributed by atoms with E-state index >= 15 is 0 Å². The van der Waals surface area contributed by atoms with Crippen molar-refractivity contribution in [2.75, 3.05) is 25.0 Å². The summed E-state index contributed by atoms with van der Waals surface area (Å²) in [4.78, 5) is 1.77. The van der Waals surface area contributed by atoms with Crippen molar-refractivity contribution in [1.29, 1.82) is 0 Å². The van der Waals surface area contributed by atoms with Gasteiger partial charge >= 0.3 is 10.2 Å². The van der Waals surface area contributed by atoms with Crippen LogP contribution in [0, 0.1) is 11.6 Å². The van der Waals surface area contributed by atoms with E-state index in [1.54, 1.807) is 17.9 Å². The third kappa shape index (κ3) is 3.13. The highest BCUT2D eigenvalue weighted by molar-refractivity contribution is 7.87. The summed E-state index contributed by atoms with van der Waals surface area (Å²) in [6.07, 6.45) is 2.75. The molecule has 0 N–H and O–H groups in total. The predicted octanol–water partition coefficient (Wildman–Crippen LogP) is 2.55. The lowest BCUT2D eigenvalue weighted by molar-refractivity contribution is 0.471. The molecule has 0 radical (unpaired) electrons. The molecule has 0 spiro atoms. The minimum atomic E-state index is -3.81. The number of rotatable bonds is 5. The fraction of sp³-hybridized carbons (Fsp3) is 0.438. The number of aromatic nitrogens is 2. The van der Waals surface area contributed by atoms with E-state index in [-0.39, 0.29) is 5.56 Å². The van der Waals surface area contributed by atoms with Gasteiger partial charge in [0.2, 0.25) is 0 Å². The second-order valence-corrected chi connectivity index (χ2v) is 7.84. The van der Waals surface area contributed by atoms with Crippen LogP contribution in [0.15, 0.2) is 30.5 Å². The van der Waals surface area contributed by atoms with Crippen molar-refractivity contribution in [1.82, 2.24) is 13.5 Å². The molecule has 1 aliphatic rings. The van der Waals surface area contributed by atoms with Gasteiger partial charge in [-0.3, -0.25) is 0 Å². The van der Waals surface area contributed by atoms with Gasteiger partial charge < -0.3 is 4.90 Å². The molecule has 9 heteroatoms. The molecule has 1 aliphatic heterocycles. The van der Waals surface area contributed by atoms with Crippen molar-refractivity contribution in [2.24, 2.45) is 0 Å². The first-order valence-electron chi connectivity index (χ1n) is 8.08. The van der Waals surface area contributed by atoms with Crippen molar-refractivity contribution in [2.45, 2.75) is 25.8 Å². The Hall–Kier alpha value is -2.00. The second kappa shape index (κ2) is 6.72. The number of hydrogen-bond donors (Lipinski definition) is 0. The summed E-state index contributed by atoms with van der Waals surface area (Å²) in [6.45, 7) is 2.56. The minimum absolute atomic E-state index is 0.228. The van der Waals surface area contributed by atoms with E-state index < -0.39 is 27.9 Å². The first-order chi connectivity index (χ1) is 11.9. The van der Waals surface area contributed by atoms with Crippen LogP contribution in [0.3, 0.4) is 0 Å². The van der Waals surface area contributed by atoms with E-state index in [0.29, 0.717) is 25.3 Å². The van der Waals surface area contributed by atoms with Gasteiger partial charge in [-0.1, -0.05) is 6.92 Å². The van der Waals surface area contributed by atoms with Crippen LogP contribution >= 0.6 is 0 Å². The summed E-state index contributed by atoms with van der Waals surface area (Å²) in [5.41, 5.74) is 0.228. The highest BCUT2D eigenvalue weighted by Gasteiger charge is 2.33. The number of nitrogens with zero attached hydrogens (tertiary/aromatic N) is 4. The second-order valence-electron chi connectivity index (χ2n) is 5.97. The van der Waals surface area contributed by atoms with Crippen molar-refractivity contribution in [3.8, 4) is 0 Å². The first-order valence-corrected chi connectivity index (χ1v) is 9.48. The Morgan fingerprint density at radius 3 is 2.80 bits per heavy atom. The van der Waals surface area contributed by atoms with Crippen LogP contribution in [0.4, 0.5) is 14.6 Å². The lowest BCUT2D eigenvalue weighted by Crippen LogP contribution is -2.36. The molecule has 1 aromatic carbocycles. The van der Waals surface area contributed by atoms with E-state index in [9.17, 15) is 17.2 Å². The lowest BCUT2D eigenvalue weighted by Gasteiger charge is -2.28.